The topological polar surface area (TPSA) is 73.6 Å². The zero-order valence-corrected chi connectivity index (χ0v) is 10.7. The number of nitrogens with one attached hydrogen (secondary N) is 1. The summed E-state index contributed by atoms with van der Waals surface area (Å²) in [5.41, 5.74) is 6.92. The number of rotatable bonds is 4. The molecule has 0 aliphatic carbocycles. The average Bonchev–Trinajstić information content (AvgIpc) is 2.76. The maximum atomic E-state index is 11.9. The first-order valence-electron chi connectivity index (χ1n) is 6.11. The lowest BCUT2D eigenvalue weighted by Gasteiger charge is -2.13. The second kappa shape index (κ2) is 5.16. The van der Waals surface area contributed by atoms with Gasteiger partial charge in [0.2, 0.25) is 12.7 Å². The highest BCUT2D eigenvalue weighted by Crippen LogP contribution is 2.38. The number of nitrogens with two attached hydrogens (primary N) is 1. The zero-order valence-electron chi connectivity index (χ0n) is 10.7. The van der Waals surface area contributed by atoms with E-state index >= 15 is 0 Å². The molecule has 2 rings (SSSR count). The van der Waals surface area contributed by atoms with Crippen LogP contribution >= 0.6 is 0 Å². The van der Waals surface area contributed by atoms with Crippen LogP contribution in [0.25, 0.3) is 0 Å². The van der Waals surface area contributed by atoms with Gasteiger partial charge in [-0.3, -0.25) is 4.79 Å². The van der Waals surface area contributed by atoms with Gasteiger partial charge in [0.15, 0.2) is 11.5 Å². The number of anilines is 2. The molecule has 0 radical (unpaired) electrons. The SMILES string of the molecule is CCCC(C)C(=O)Nc1cc2c(cc1N)OCO2. The molecule has 1 aromatic carbocycles. The molecule has 1 amide bonds. The maximum Gasteiger partial charge on any atom is 0.231 e. The van der Waals surface area contributed by atoms with Crippen molar-refractivity contribution in [3.05, 3.63) is 12.1 Å². The van der Waals surface area contributed by atoms with Crippen LogP contribution in [0.4, 0.5) is 11.4 Å². The number of nitrogen functional groups attached to an aromatic ring is 1. The van der Waals surface area contributed by atoms with E-state index in [9.17, 15) is 4.79 Å². The van der Waals surface area contributed by atoms with Crippen molar-refractivity contribution in [2.24, 2.45) is 5.92 Å². The molecule has 3 N–H and O–H groups in total. The Morgan fingerprint density at radius 2 is 2.11 bits per heavy atom. The maximum absolute atomic E-state index is 11.9. The van der Waals surface area contributed by atoms with Gasteiger partial charge >= 0.3 is 0 Å². The molecule has 0 bridgehead atoms. The summed E-state index contributed by atoms with van der Waals surface area (Å²) in [5, 5.41) is 2.82. The predicted octanol–water partition coefficient (Wildman–Crippen LogP) is 2.37. The standard InChI is InChI=1S/C13H18N2O3/c1-3-4-8(2)13(16)15-10-6-12-11(5-9(10)14)17-7-18-12/h5-6,8H,3-4,7,14H2,1-2H3,(H,15,16). The number of carbonyl (C=O) groups is 1. The minimum atomic E-state index is -0.0279. The zero-order chi connectivity index (χ0) is 13.1. The number of amides is 1. The third-order valence-electron chi connectivity index (χ3n) is 2.97. The van der Waals surface area contributed by atoms with E-state index < -0.39 is 0 Å². The lowest BCUT2D eigenvalue weighted by Crippen LogP contribution is -2.20. The minimum absolute atomic E-state index is 0.0255. The first kappa shape index (κ1) is 12.5. The van der Waals surface area contributed by atoms with E-state index in [0.717, 1.165) is 12.8 Å². The highest BCUT2D eigenvalue weighted by atomic mass is 16.7. The van der Waals surface area contributed by atoms with Crippen molar-refractivity contribution in [1.29, 1.82) is 0 Å². The average molecular weight is 250 g/mol. The van der Waals surface area contributed by atoms with Crippen LogP contribution in [0, 0.1) is 5.92 Å². The Balaban J connectivity index is 2.12. The summed E-state index contributed by atoms with van der Waals surface area (Å²) in [4.78, 5) is 11.9. The first-order valence-corrected chi connectivity index (χ1v) is 6.11. The van der Waals surface area contributed by atoms with Crippen molar-refractivity contribution in [3.63, 3.8) is 0 Å². The van der Waals surface area contributed by atoms with E-state index in [1.54, 1.807) is 12.1 Å². The minimum Gasteiger partial charge on any atom is -0.454 e. The number of fused-ring (bicyclic) bond motifs is 1. The summed E-state index contributed by atoms with van der Waals surface area (Å²) >= 11 is 0. The van der Waals surface area contributed by atoms with Gasteiger partial charge in [-0.2, -0.15) is 0 Å². The molecule has 5 heteroatoms. The fraction of sp³-hybridized carbons (Fsp3) is 0.462. The van der Waals surface area contributed by atoms with Crippen LogP contribution in [0.15, 0.2) is 12.1 Å². The van der Waals surface area contributed by atoms with Crippen molar-refractivity contribution in [3.8, 4) is 11.5 Å². The molecule has 1 aromatic rings. The molecular weight excluding hydrogens is 232 g/mol. The number of benzene rings is 1. The van der Waals surface area contributed by atoms with Crippen LogP contribution in [-0.2, 0) is 4.79 Å². The monoisotopic (exact) mass is 250 g/mol. The Morgan fingerprint density at radius 1 is 1.44 bits per heavy atom. The van der Waals surface area contributed by atoms with Crippen molar-refractivity contribution in [2.75, 3.05) is 17.8 Å². The molecular formula is C13H18N2O3. The lowest BCUT2D eigenvalue weighted by atomic mass is 10.1. The van der Waals surface area contributed by atoms with Gasteiger partial charge in [-0.25, -0.2) is 0 Å². The van der Waals surface area contributed by atoms with Crippen LogP contribution in [0.3, 0.4) is 0 Å². The number of hydrogen-bond acceptors (Lipinski definition) is 4. The van der Waals surface area contributed by atoms with Crippen LogP contribution in [0.2, 0.25) is 0 Å². The summed E-state index contributed by atoms with van der Waals surface area (Å²) in [6.07, 6.45) is 1.83. The number of carbonyl (C=O) groups excluding carboxylic acids is 1. The van der Waals surface area contributed by atoms with E-state index in [1.165, 1.54) is 0 Å². The molecule has 1 aliphatic heterocycles. The van der Waals surface area contributed by atoms with Gasteiger partial charge in [0.05, 0.1) is 11.4 Å². The molecule has 1 atom stereocenters. The second-order valence-corrected chi connectivity index (χ2v) is 4.47. The van der Waals surface area contributed by atoms with Gasteiger partial charge in [0.1, 0.15) is 0 Å². The Hall–Kier alpha value is -1.91. The highest BCUT2D eigenvalue weighted by Gasteiger charge is 2.18. The van der Waals surface area contributed by atoms with E-state index in [2.05, 4.69) is 12.2 Å². The summed E-state index contributed by atoms with van der Waals surface area (Å²) in [5.74, 6) is 1.18. The Morgan fingerprint density at radius 3 is 2.78 bits per heavy atom. The van der Waals surface area contributed by atoms with Gasteiger partial charge < -0.3 is 20.5 Å². The van der Waals surface area contributed by atoms with E-state index in [0.29, 0.717) is 22.9 Å². The Kier molecular flexibility index (Phi) is 3.60. The van der Waals surface area contributed by atoms with Gasteiger partial charge in [-0.1, -0.05) is 20.3 Å². The third kappa shape index (κ3) is 2.50. The smallest absolute Gasteiger partial charge is 0.231 e. The number of ether oxygens (including phenoxy) is 2. The fourth-order valence-electron chi connectivity index (χ4n) is 1.89. The van der Waals surface area contributed by atoms with E-state index in [-0.39, 0.29) is 18.6 Å². The molecule has 1 unspecified atom stereocenters. The first-order chi connectivity index (χ1) is 8.61. The van der Waals surface area contributed by atoms with Crippen LogP contribution in [0.1, 0.15) is 26.7 Å². The van der Waals surface area contributed by atoms with Gasteiger partial charge in [-0.15, -0.1) is 0 Å². The summed E-state index contributed by atoms with van der Waals surface area (Å²) in [6.45, 7) is 4.15. The number of hydrogen-bond donors (Lipinski definition) is 2. The molecule has 1 heterocycles. The Bertz CT molecular complexity index is 460. The van der Waals surface area contributed by atoms with Crippen LogP contribution in [-0.4, -0.2) is 12.7 Å². The fourth-order valence-corrected chi connectivity index (χ4v) is 1.89. The Labute approximate surface area is 106 Å². The van der Waals surface area contributed by atoms with Gasteiger partial charge in [-0.05, 0) is 6.42 Å². The molecule has 0 fully saturated rings. The molecule has 98 valence electrons. The molecule has 1 aliphatic rings. The third-order valence-corrected chi connectivity index (χ3v) is 2.97. The molecule has 5 nitrogen and oxygen atoms in total. The summed E-state index contributed by atoms with van der Waals surface area (Å²) < 4.78 is 10.5. The van der Waals surface area contributed by atoms with Crippen molar-refractivity contribution in [2.45, 2.75) is 26.7 Å². The molecule has 0 spiro atoms. The quantitative estimate of drug-likeness (QED) is 0.804. The van der Waals surface area contributed by atoms with Crippen LogP contribution < -0.4 is 20.5 Å². The van der Waals surface area contributed by atoms with E-state index in [1.807, 2.05) is 6.92 Å². The molecule has 0 saturated carbocycles. The summed E-state index contributed by atoms with van der Waals surface area (Å²) in [7, 11) is 0. The highest BCUT2D eigenvalue weighted by molar-refractivity contribution is 5.95. The van der Waals surface area contributed by atoms with Crippen molar-refractivity contribution in [1.82, 2.24) is 0 Å². The molecule has 0 saturated heterocycles. The van der Waals surface area contributed by atoms with Gasteiger partial charge in [0, 0.05) is 18.1 Å². The molecule has 18 heavy (non-hydrogen) atoms. The summed E-state index contributed by atoms with van der Waals surface area (Å²) in [6, 6.07) is 3.37. The van der Waals surface area contributed by atoms with Crippen molar-refractivity contribution >= 4 is 17.3 Å². The molecule has 0 aromatic heterocycles. The lowest BCUT2D eigenvalue weighted by molar-refractivity contribution is -0.119. The normalized spacial score (nSPS) is 14.3. The van der Waals surface area contributed by atoms with E-state index in [4.69, 9.17) is 15.2 Å². The largest absolute Gasteiger partial charge is 0.454 e. The van der Waals surface area contributed by atoms with Gasteiger partial charge in [0.25, 0.3) is 0 Å². The van der Waals surface area contributed by atoms with Crippen molar-refractivity contribution < 1.29 is 14.3 Å². The second-order valence-electron chi connectivity index (χ2n) is 4.47. The predicted molar refractivity (Wildman–Crippen MR) is 69.7 cm³/mol. The van der Waals surface area contributed by atoms with Crippen LogP contribution in [0.5, 0.6) is 11.5 Å².